The SMILES string of the molecule is COC1[C@@H](COP(=O)(O)N2CCOCC2)O[C@@H](n2cnc3c(N)ncnc32)[C@H]1OC. The largest absolute Gasteiger partial charge is 0.405 e. The van der Waals surface area contributed by atoms with Gasteiger partial charge in [0.05, 0.1) is 26.1 Å². The molecule has 4 rings (SSSR count). The van der Waals surface area contributed by atoms with Crippen molar-refractivity contribution < 1.29 is 32.9 Å². The quantitative estimate of drug-likeness (QED) is 0.542. The summed E-state index contributed by atoms with van der Waals surface area (Å²) >= 11 is 0. The van der Waals surface area contributed by atoms with E-state index in [-0.39, 0.29) is 12.4 Å². The van der Waals surface area contributed by atoms with Crippen molar-refractivity contribution in [3.05, 3.63) is 12.7 Å². The van der Waals surface area contributed by atoms with Crippen molar-refractivity contribution in [2.24, 2.45) is 0 Å². The maximum Gasteiger partial charge on any atom is 0.405 e. The third kappa shape index (κ3) is 3.95. The molecular formula is C16H25N6O7P. The number of anilines is 1. The maximum absolute atomic E-state index is 12.6. The Bertz CT molecular complexity index is 923. The predicted octanol–water partition coefficient (Wildman–Crippen LogP) is -0.215. The molecule has 14 heteroatoms. The molecule has 2 fully saturated rings. The van der Waals surface area contributed by atoms with Crippen LogP contribution in [0.5, 0.6) is 0 Å². The number of nitrogen functional groups attached to an aromatic ring is 1. The van der Waals surface area contributed by atoms with E-state index in [0.29, 0.717) is 37.5 Å². The lowest BCUT2D eigenvalue weighted by atomic mass is 10.1. The zero-order valence-electron chi connectivity index (χ0n) is 16.7. The third-order valence-electron chi connectivity index (χ3n) is 5.24. The van der Waals surface area contributed by atoms with E-state index in [1.807, 2.05) is 0 Å². The summed E-state index contributed by atoms with van der Waals surface area (Å²) in [6.45, 7) is 1.23. The first-order valence-corrected chi connectivity index (χ1v) is 10.9. The Kier molecular flexibility index (Phi) is 6.32. The molecule has 2 saturated heterocycles. The molecule has 5 atom stereocenters. The zero-order valence-corrected chi connectivity index (χ0v) is 17.6. The van der Waals surface area contributed by atoms with E-state index in [0.717, 1.165) is 0 Å². The fourth-order valence-electron chi connectivity index (χ4n) is 3.72. The molecule has 0 aromatic carbocycles. The first kappa shape index (κ1) is 21.5. The van der Waals surface area contributed by atoms with Gasteiger partial charge in [0.25, 0.3) is 0 Å². The molecule has 166 valence electrons. The number of morpholine rings is 1. The van der Waals surface area contributed by atoms with Gasteiger partial charge in [-0.3, -0.25) is 9.09 Å². The van der Waals surface area contributed by atoms with Crippen molar-refractivity contribution in [3.63, 3.8) is 0 Å². The van der Waals surface area contributed by atoms with Crippen molar-refractivity contribution >= 4 is 24.7 Å². The Labute approximate surface area is 172 Å². The van der Waals surface area contributed by atoms with Crippen LogP contribution in [0.1, 0.15) is 6.23 Å². The summed E-state index contributed by atoms with van der Waals surface area (Å²) in [6, 6.07) is 0. The topological polar surface area (TPSA) is 156 Å². The minimum Gasteiger partial charge on any atom is -0.382 e. The second kappa shape index (κ2) is 8.81. The highest BCUT2D eigenvalue weighted by Crippen LogP contribution is 2.47. The first-order chi connectivity index (χ1) is 14.5. The van der Waals surface area contributed by atoms with Crippen molar-refractivity contribution in [1.29, 1.82) is 0 Å². The van der Waals surface area contributed by atoms with Crippen LogP contribution in [0.25, 0.3) is 11.2 Å². The molecule has 2 unspecified atom stereocenters. The lowest BCUT2D eigenvalue weighted by Gasteiger charge is -2.30. The molecule has 13 nitrogen and oxygen atoms in total. The molecule has 30 heavy (non-hydrogen) atoms. The van der Waals surface area contributed by atoms with Crippen molar-refractivity contribution in [1.82, 2.24) is 24.2 Å². The van der Waals surface area contributed by atoms with E-state index < -0.39 is 32.3 Å². The molecule has 0 radical (unpaired) electrons. The molecule has 3 N–H and O–H groups in total. The molecule has 0 saturated carbocycles. The predicted molar refractivity (Wildman–Crippen MR) is 103 cm³/mol. The highest BCUT2D eigenvalue weighted by atomic mass is 31.2. The van der Waals surface area contributed by atoms with Gasteiger partial charge in [-0.25, -0.2) is 24.2 Å². The van der Waals surface area contributed by atoms with E-state index in [4.69, 9.17) is 29.2 Å². The lowest BCUT2D eigenvalue weighted by Crippen LogP contribution is -2.38. The van der Waals surface area contributed by atoms with Gasteiger partial charge in [0.1, 0.15) is 30.2 Å². The number of imidazole rings is 1. The molecule has 0 spiro atoms. The first-order valence-electron chi connectivity index (χ1n) is 9.41. The van der Waals surface area contributed by atoms with Gasteiger partial charge >= 0.3 is 7.75 Å². The van der Waals surface area contributed by atoms with Crippen LogP contribution in [0, 0.1) is 0 Å². The smallest absolute Gasteiger partial charge is 0.382 e. The van der Waals surface area contributed by atoms with Crippen LogP contribution >= 0.6 is 7.75 Å². The van der Waals surface area contributed by atoms with Crippen LogP contribution < -0.4 is 5.73 Å². The summed E-state index contributed by atoms with van der Waals surface area (Å²) in [5.74, 6) is 0.251. The second-order valence-corrected chi connectivity index (χ2v) is 8.71. The van der Waals surface area contributed by atoms with Crippen molar-refractivity contribution in [2.45, 2.75) is 24.5 Å². The molecule has 0 amide bonds. The summed E-state index contributed by atoms with van der Waals surface area (Å²) in [5, 5.41) is 0. The lowest BCUT2D eigenvalue weighted by molar-refractivity contribution is -0.0579. The van der Waals surface area contributed by atoms with Gasteiger partial charge in [-0.15, -0.1) is 0 Å². The number of ether oxygens (including phenoxy) is 4. The van der Waals surface area contributed by atoms with Crippen LogP contribution in [0.4, 0.5) is 5.82 Å². The van der Waals surface area contributed by atoms with Gasteiger partial charge in [0, 0.05) is 27.3 Å². The standard InChI is InChI=1S/C16H25N6O7P/c1-25-12-10(7-28-30(23,24)21-3-5-27-6-4-21)29-16(13(12)26-2)22-9-20-11-14(17)18-8-19-15(11)22/h8-10,12-13,16H,3-7H2,1-2H3,(H,23,24)(H2,17,18,19)/t10-,12?,13+,16-/m1/s1. The molecular weight excluding hydrogens is 419 g/mol. The van der Waals surface area contributed by atoms with Gasteiger partial charge < -0.3 is 29.6 Å². The summed E-state index contributed by atoms with van der Waals surface area (Å²) in [7, 11) is -0.943. The van der Waals surface area contributed by atoms with Crippen molar-refractivity contribution in [2.75, 3.05) is 52.9 Å². The summed E-state index contributed by atoms with van der Waals surface area (Å²) in [5.41, 5.74) is 6.79. The molecule has 0 bridgehead atoms. The molecule has 2 aromatic heterocycles. The molecule has 2 aromatic rings. The fourth-order valence-corrected chi connectivity index (χ4v) is 4.89. The molecule has 2 aliphatic rings. The molecule has 2 aliphatic heterocycles. The Morgan fingerprint density at radius 3 is 2.67 bits per heavy atom. The number of rotatable bonds is 7. The average Bonchev–Trinajstić information content (AvgIpc) is 3.34. The van der Waals surface area contributed by atoms with Gasteiger partial charge in [-0.05, 0) is 0 Å². The van der Waals surface area contributed by atoms with Crippen LogP contribution in [-0.2, 0) is 28.0 Å². The highest BCUT2D eigenvalue weighted by Gasteiger charge is 2.48. The van der Waals surface area contributed by atoms with Gasteiger partial charge in [-0.2, -0.15) is 0 Å². The number of hydrogen-bond donors (Lipinski definition) is 2. The van der Waals surface area contributed by atoms with Crippen LogP contribution in [0.3, 0.4) is 0 Å². The number of aromatic nitrogens is 4. The number of nitrogens with zero attached hydrogens (tertiary/aromatic N) is 5. The van der Waals surface area contributed by atoms with Crippen LogP contribution in [0.2, 0.25) is 0 Å². The van der Waals surface area contributed by atoms with Gasteiger partial charge in [-0.1, -0.05) is 0 Å². The van der Waals surface area contributed by atoms with E-state index in [2.05, 4.69) is 15.0 Å². The van der Waals surface area contributed by atoms with Gasteiger partial charge in [0.2, 0.25) is 0 Å². The van der Waals surface area contributed by atoms with Gasteiger partial charge in [0.15, 0.2) is 17.7 Å². The minimum absolute atomic E-state index is 0.163. The summed E-state index contributed by atoms with van der Waals surface area (Å²) in [6.07, 6.45) is 0.454. The van der Waals surface area contributed by atoms with Crippen LogP contribution in [0.15, 0.2) is 12.7 Å². The Morgan fingerprint density at radius 2 is 1.97 bits per heavy atom. The van der Waals surface area contributed by atoms with Crippen molar-refractivity contribution in [3.8, 4) is 0 Å². The van der Waals surface area contributed by atoms with Crippen LogP contribution in [-0.4, -0.2) is 94.5 Å². The Morgan fingerprint density at radius 1 is 1.23 bits per heavy atom. The molecule has 4 heterocycles. The van der Waals surface area contributed by atoms with E-state index in [9.17, 15) is 9.46 Å². The Hall–Kier alpha value is -1.70. The summed E-state index contributed by atoms with van der Waals surface area (Å²) < 4.78 is 43.6. The minimum atomic E-state index is -3.99. The highest BCUT2D eigenvalue weighted by molar-refractivity contribution is 7.50. The summed E-state index contributed by atoms with van der Waals surface area (Å²) in [4.78, 5) is 22.8. The number of fused-ring (bicyclic) bond motifs is 1. The average molecular weight is 444 g/mol. The normalized spacial score (nSPS) is 30.0. The third-order valence-corrected chi connectivity index (χ3v) is 6.84. The Balaban J connectivity index is 1.53. The fraction of sp³-hybridized carbons (Fsp3) is 0.688. The van der Waals surface area contributed by atoms with E-state index in [1.165, 1.54) is 31.5 Å². The van der Waals surface area contributed by atoms with E-state index in [1.54, 1.807) is 4.57 Å². The monoisotopic (exact) mass is 444 g/mol. The maximum atomic E-state index is 12.6. The zero-order chi connectivity index (χ0) is 21.3. The van der Waals surface area contributed by atoms with E-state index >= 15 is 0 Å². The molecule has 0 aliphatic carbocycles. The number of methoxy groups -OCH3 is 2. The number of hydrogen-bond acceptors (Lipinski definition) is 10. The second-order valence-electron chi connectivity index (χ2n) is 6.90. The number of nitrogens with two attached hydrogens (primary N) is 1.